The number of carbonyl (C=O) groups excluding carboxylic acids is 2. The van der Waals surface area contributed by atoms with E-state index in [0.29, 0.717) is 11.3 Å². The summed E-state index contributed by atoms with van der Waals surface area (Å²) in [6, 6.07) is 17.3. The molecule has 0 bridgehead atoms. The van der Waals surface area contributed by atoms with Crippen LogP contribution in [0.4, 0.5) is 11.4 Å². The van der Waals surface area contributed by atoms with Crippen molar-refractivity contribution in [2.75, 3.05) is 36.4 Å². The molecule has 5 rings (SSSR count). The molecule has 2 aliphatic rings. The van der Waals surface area contributed by atoms with Crippen molar-refractivity contribution in [2.24, 2.45) is 0 Å². The Bertz CT molecular complexity index is 991. The number of pyridine rings is 1. The van der Waals surface area contributed by atoms with E-state index in [2.05, 4.69) is 44.8 Å². The zero-order valence-corrected chi connectivity index (χ0v) is 14.8. The number of benzene rings is 2. The molecule has 1 aromatic heterocycles. The van der Waals surface area contributed by atoms with Crippen LogP contribution in [0.5, 0.6) is 0 Å². The molecular weight excluding hydrogens is 340 g/mol. The fraction of sp³-hybridized carbons (Fsp3) is 0.190. The van der Waals surface area contributed by atoms with Gasteiger partial charge in [0.05, 0.1) is 16.8 Å². The largest absolute Gasteiger partial charge is 0.368 e. The van der Waals surface area contributed by atoms with Crippen molar-refractivity contribution in [3.8, 4) is 0 Å². The fourth-order valence-corrected chi connectivity index (χ4v) is 3.35. The van der Waals surface area contributed by atoms with Gasteiger partial charge in [-0.25, -0.2) is 0 Å². The lowest BCUT2D eigenvalue weighted by Crippen LogP contribution is -2.43. The van der Waals surface area contributed by atoms with Gasteiger partial charge >= 0.3 is 0 Å². The van der Waals surface area contributed by atoms with E-state index in [9.17, 15) is 9.59 Å². The maximum atomic E-state index is 11.0. The Morgan fingerprint density at radius 3 is 2.44 bits per heavy atom. The molecule has 27 heavy (non-hydrogen) atoms. The maximum Gasteiger partial charge on any atom is 0.296 e. The van der Waals surface area contributed by atoms with E-state index in [1.807, 2.05) is 12.3 Å². The summed E-state index contributed by atoms with van der Waals surface area (Å²) in [5, 5.41) is 7.09. The Hall–Kier alpha value is -3.25. The van der Waals surface area contributed by atoms with E-state index in [1.165, 1.54) is 11.1 Å². The van der Waals surface area contributed by atoms with Gasteiger partial charge in [0.2, 0.25) is 0 Å². The molecule has 2 aromatic carbocycles. The summed E-state index contributed by atoms with van der Waals surface area (Å²) in [4.78, 5) is 28.6. The molecule has 1 fully saturated rings. The van der Waals surface area contributed by atoms with Crippen LogP contribution >= 0.6 is 0 Å². The summed E-state index contributed by atoms with van der Waals surface area (Å²) < 4.78 is 0. The third kappa shape index (κ3) is 3.52. The summed E-state index contributed by atoms with van der Waals surface area (Å²) in [7, 11) is 0. The van der Waals surface area contributed by atoms with Gasteiger partial charge in [0, 0.05) is 43.4 Å². The standard InChI is InChI=1S/C13H15N3.C8H5NO2/c1-2-4-12-11(3-1)13(5-6-15-12)16-9-7-14-8-10-16;10-7-5-3-1-2-4-6(5)9-8(7)11/h1-6,14H,7-10H2;1-4H,(H,9,10,11). The van der Waals surface area contributed by atoms with Gasteiger partial charge in [-0.15, -0.1) is 0 Å². The number of anilines is 2. The summed E-state index contributed by atoms with van der Waals surface area (Å²) in [6.07, 6.45) is 1.90. The summed E-state index contributed by atoms with van der Waals surface area (Å²) >= 11 is 0. The van der Waals surface area contributed by atoms with Crippen LogP contribution < -0.4 is 15.5 Å². The van der Waals surface area contributed by atoms with E-state index in [4.69, 9.17) is 0 Å². The second kappa shape index (κ2) is 7.55. The number of para-hydroxylation sites is 2. The maximum absolute atomic E-state index is 11.0. The van der Waals surface area contributed by atoms with Crippen molar-refractivity contribution in [1.29, 1.82) is 0 Å². The number of carbonyl (C=O) groups is 2. The number of ketones is 1. The van der Waals surface area contributed by atoms with E-state index in [0.717, 1.165) is 31.7 Å². The summed E-state index contributed by atoms with van der Waals surface area (Å²) in [6.45, 7) is 4.29. The van der Waals surface area contributed by atoms with Crippen molar-refractivity contribution in [3.05, 3.63) is 66.4 Å². The SMILES string of the molecule is O=C1Nc2ccccc2C1=O.c1ccc2c(N3CCNCC3)ccnc2c1. The minimum atomic E-state index is -0.536. The number of fused-ring (bicyclic) bond motifs is 2. The average molecular weight is 360 g/mol. The van der Waals surface area contributed by atoms with Crippen molar-refractivity contribution < 1.29 is 9.59 Å². The van der Waals surface area contributed by atoms with Crippen LogP contribution in [-0.4, -0.2) is 42.9 Å². The van der Waals surface area contributed by atoms with Gasteiger partial charge in [0.1, 0.15) is 0 Å². The van der Waals surface area contributed by atoms with Crippen LogP contribution in [0, 0.1) is 0 Å². The molecule has 136 valence electrons. The number of hydrogen-bond donors (Lipinski definition) is 2. The van der Waals surface area contributed by atoms with Crippen molar-refractivity contribution >= 4 is 34.0 Å². The van der Waals surface area contributed by atoms with Crippen molar-refractivity contribution in [2.45, 2.75) is 0 Å². The first-order valence-corrected chi connectivity index (χ1v) is 8.98. The van der Waals surface area contributed by atoms with Gasteiger partial charge in [-0.3, -0.25) is 14.6 Å². The number of hydrogen-bond acceptors (Lipinski definition) is 5. The minimum Gasteiger partial charge on any atom is -0.368 e. The van der Waals surface area contributed by atoms with Gasteiger partial charge in [-0.05, 0) is 24.3 Å². The smallest absolute Gasteiger partial charge is 0.296 e. The highest BCUT2D eigenvalue weighted by Crippen LogP contribution is 2.25. The summed E-state index contributed by atoms with van der Waals surface area (Å²) in [5.74, 6) is -0.980. The Morgan fingerprint density at radius 1 is 0.889 bits per heavy atom. The van der Waals surface area contributed by atoms with Crippen LogP contribution in [0.25, 0.3) is 10.9 Å². The fourth-order valence-electron chi connectivity index (χ4n) is 3.35. The van der Waals surface area contributed by atoms with E-state index >= 15 is 0 Å². The van der Waals surface area contributed by atoms with Crippen LogP contribution in [0.15, 0.2) is 60.8 Å². The quantitative estimate of drug-likeness (QED) is 0.652. The van der Waals surface area contributed by atoms with Crippen LogP contribution in [0.2, 0.25) is 0 Å². The number of Topliss-reactive ketones (excluding diaryl/α,β-unsaturated/α-hetero) is 1. The zero-order chi connectivity index (χ0) is 18.6. The van der Waals surface area contributed by atoms with E-state index < -0.39 is 11.7 Å². The number of amides is 1. The van der Waals surface area contributed by atoms with Gasteiger partial charge in [-0.2, -0.15) is 0 Å². The lowest BCUT2D eigenvalue weighted by atomic mass is 10.1. The van der Waals surface area contributed by atoms with Crippen molar-refractivity contribution in [1.82, 2.24) is 10.3 Å². The Kier molecular flexibility index (Phi) is 4.80. The molecule has 1 amide bonds. The van der Waals surface area contributed by atoms with Crippen molar-refractivity contribution in [3.63, 3.8) is 0 Å². The monoisotopic (exact) mass is 360 g/mol. The first-order chi connectivity index (χ1) is 13.2. The predicted octanol–water partition coefficient (Wildman–Crippen LogP) is 2.47. The lowest BCUT2D eigenvalue weighted by molar-refractivity contribution is -0.112. The Balaban J connectivity index is 0.000000143. The van der Waals surface area contributed by atoms with Crippen LogP contribution in [0.3, 0.4) is 0 Å². The molecule has 0 saturated carbocycles. The second-order valence-corrected chi connectivity index (χ2v) is 6.41. The molecule has 0 unspecified atom stereocenters. The van der Waals surface area contributed by atoms with E-state index in [1.54, 1.807) is 24.3 Å². The first kappa shape index (κ1) is 17.2. The summed E-state index contributed by atoms with van der Waals surface area (Å²) in [5.41, 5.74) is 3.48. The molecular formula is C21H20N4O2. The van der Waals surface area contributed by atoms with Crippen LogP contribution in [0.1, 0.15) is 10.4 Å². The van der Waals surface area contributed by atoms with Crippen LogP contribution in [-0.2, 0) is 4.79 Å². The predicted molar refractivity (Wildman–Crippen MR) is 106 cm³/mol. The number of nitrogens with one attached hydrogen (secondary N) is 2. The van der Waals surface area contributed by atoms with Gasteiger partial charge in [0.15, 0.2) is 0 Å². The molecule has 2 aliphatic heterocycles. The van der Waals surface area contributed by atoms with E-state index in [-0.39, 0.29) is 0 Å². The molecule has 6 heteroatoms. The molecule has 3 heterocycles. The molecule has 0 aliphatic carbocycles. The molecule has 0 spiro atoms. The van der Waals surface area contributed by atoms with Gasteiger partial charge in [-0.1, -0.05) is 30.3 Å². The highest BCUT2D eigenvalue weighted by atomic mass is 16.2. The Labute approximate surface area is 157 Å². The highest BCUT2D eigenvalue weighted by molar-refractivity contribution is 6.51. The lowest BCUT2D eigenvalue weighted by Gasteiger charge is -2.30. The van der Waals surface area contributed by atoms with Gasteiger partial charge < -0.3 is 15.5 Å². The number of aromatic nitrogens is 1. The molecule has 0 atom stereocenters. The van der Waals surface area contributed by atoms with Gasteiger partial charge in [0.25, 0.3) is 11.7 Å². The molecule has 0 radical (unpaired) electrons. The highest BCUT2D eigenvalue weighted by Gasteiger charge is 2.26. The second-order valence-electron chi connectivity index (χ2n) is 6.41. The third-order valence-electron chi connectivity index (χ3n) is 4.71. The number of piperazine rings is 1. The molecule has 2 N–H and O–H groups in total. The normalized spacial score (nSPS) is 15.8. The number of rotatable bonds is 1. The molecule has 6 nitrogen and oxygen atoms in total. The molecule has 3 aromatic rings. The third-order valence-corrected chi connectivity index (χ3v) is 4.71. The zero-order valence-electron chi connectivity index (χ0n) is 14.8. The number of nitrogens with zero attached hydrogens (tertiary/aromatic N) is 2. The minimum absolute atomic E-state index is 0.444. The topological polar surface area (TPSA) is 74.3 Å². The molecule has 1 saturated heterocycles. The average Bonchev–Trinajstić information content (AvgIpc) is 3.03. The Morgan fingerprint density at radius 2 is 1.63 bits per heavy atom. The first-order valence-electron chi connectivity index (χ1n) is 8.98.